The highest BCUT2D eigenvalue weighted by Crippen LogP contribution is 2.25. The quantitative estimate of drug-likeness (QED) is 0.594. The van der Waals surface area contributed by atoms with Gasteiger partial charge in [0.05, 0.1) is 11.4 Å². The molecule has 0 aliphatic carbocycles. The van der Waals surface area contributed by atoms with Gasteiger partial charge in [0.1, 0.15) is 11.9 Å². The van der Waals surface area contributed by atoms with Crippen LogP contribution >= 0.6 is 0 Å². The SMILES string of the molecule is CNC(=O)[C@H](N[C@@H](CCc1cnc(C)cn1)c1ccc(F)c(C)c1)c1ccccc1. The third-order valence-corrected chi connectivity index (χ3v) is 5.12. The number of carbonyl (C=O) groups excluding carboxylic acids is 1. The summed E-state index contributed by atoms with van der Waals surface area (Å²) in [5.41, 5.74) is 4.12. The first-order valence-electron chi connectivity index (χ1n) is 10.0. The zero-order chi connectivity index (χ0) is 21.5. The van der Waals surface area contributed by atoms with E-state index in [0.29, 0.717) is 18.4 Å². The van der Waals surface area contributed by atoms with Crippen molar-refractivity contribution in [3.8, 4) is 0 Å². The van der Waals surface area contributed by atoms with Crippen LogP contribution in [0.15, 0.2) is 60.9 Å². The third kappa shape index (κ3) is 5.48. The van der Waals surface area contributed by atoms with E-state index in [1.165, 1.54) is 6.07 Å². The molecule has 5 nitrogen and oxygen atoms in total. The first-order chi connectivity index (χ1) is 14.5. The maximum Gasteiger partial charge on any atom is 0.241 e. The number of hydrogen-bond donors (Lipinski definition) is 2. The van der Waals surface area contributed by atoms with E-state index >= 15 is 0 Å². The first kappa shape index (κ1) is 21.6. The van der Waals surface area contributed by atoms with Crippen molar-refractivity contribution in [2.75, 3.05) is 7.05 Å². The van der Waals surface area contributed by atoms with Crippen LogP contribution in [0.4, 0.5) is 4.39 Å². The molecule has 156 valence electrons. The Balaban J connectivity index is 1.89. The molecule has 0 spiro atoms. The Kier molecular flexibility index (Phi) is 7.25. The smallest absolute Gasteiger partial charge is 0.241 e. The standard InChI is InChI=1S/C24H27FN4O/c1-16-13-19(9-11-21(16)25)22(12-10-20-15-27-17(2)14-28-20)29-23(24(30)26-3)18-7-5-4-6-8-18/h4-9,11,13-15,22-23,29H,10,12H2,1-3H3,(H,26,30)/t22-,23+/m0/s1. The Bertz CT molecular complexity index is 976. The number of likely N-dealkylation sites (N-methyl/N-ethyl adjacent to an activating group) is 1. The van der Waals surface area contributed by atoms with Crippen LogP contribution in [-0.2, 0) is 11.2 Å². The summed E-state index contributed by atoms with van der Waals surface area (Å²) in [6.07, 6.45) is 4.88. The molecule has 0 bridgehead atoms. The minimum atomic E-state index is -0.532. The average molecular weight is 407 g/mol. The van der Waals surface area contributed by atoms with Crippen molar-refractivity contribution in [3.05, 3.63) is 94.8 Å². The van der Waals surface area contributed by atoms with E-state index in [2.05, 4.69) is 20.6 Å². The summed E-state index contributed by atoms with van der Waals surface area (Å²) in [7, 11) is 1.62. The van der Waals surface area contributed by atoms with Crippen molar-refractivity contribution < 1.29 is 9.18 Å². The highest BCUT2D eigenvalue weighted by Gasteiger charge is 2.24. The Morgan fingerprint density at radius 1 is 1.03 bits per heavy atom. The zero-order valence-corrected chi connectivity index (χ0v) is 17.5. The molecular weight excluding hydrogens is 379 g/mol. The van der Waals surface area contributed by atoms with Crippen molar-refractivity contribution in [3.63, 3.8) is 0 Å². The molecule has 0 aliphatic rings. The van der Waals surface area contributed by atoms with Crippen molar-refractivity contribution in [1.82, 2.24) is 20.6 Å². The molecule has 0 fully saturated rings. The van der Waals surface area contributed by atoms with Crippen LogP contribution in [-0.4, -0.2) is 22.9 Å². The summed E-state index contributed by atoms with van der Waals surface area (Å²) >= 11 is 0. The summed E-state index contributed by atoms with van der Waals surface area (Å²) in [5.74, 6) is -0.368. The molecule has 2 atom stereocenters. The van der Waals surface area contributed by atoms with Gasteiger partial charge in [-0.1, -0.05) is 42.5 Å². The van der Waals surface area contributed by atoms with E-state index in [9.17, 15) is 9.18 Å². The van der Waals surface area contributed by atoms with Crippen LogP contribution in [0.1, 0.15) is 46.6 Å². The molecule has 1 heterocycles. The van der Waals surface area contributed by atoms with E-state index in [-0.39, 0.29) is 17.8 Å². The lowest BCUT2D eigenvalue weighted by Crippen LogP contribution is -2.38. The van der Waals surface area contributed by atoms with Crippen molar-refractivity contribution in [2.24, 2.45) is 0 Å². The van der Waals surface area contributed by atoms with Gasteiger partial charge in [-0.3, -0.25) is 20.1 Å². The average Bonchev–Trinajstić information content (AvgIpc) is 2.77. The molecular formula is C24H27FN4O. The number of nitrogens with one attached hydrogen (secondary N) is 2. The van der Waals surface area contributed by atoms with Gasteiger partial charge >= 0.3 is 0 Å². The molecule has 1 aromatic heterocycles. The molecule has 0 saturated carbocycles. The van der Waals surface area contributed by atoms with Crippen LogP contribution < -0.4 is 10.6 Å². The normalized spacial score (nSPS) is 12.9. The monoisotopic (exact) mass is 406 g/mol. The van der Waals surface area contributed by atoms with Gasteiger partial charge in [0.25, 0.3) is 0 Å². The van der Waals surface area contributed by atoms with E-state index in [0.717, 1.165) is 22.5 Å². The summed E-state index contributed by atoms with van der Waals surface area (Å²) < 4.78 is 13.9. The van der Waals surface area contributed by atoms with E-state index in [1.807, 2.05) is 43.3 Å². The fraction of sp³-hybridized carbons (Fsp3) is 0.292. The molecule has 0 saturated heterocycles. The largest absolute Gasteiger partial charge is 0.358 e. The van der Waals surface area contributed by atoms with Gasteiger partial charge in [0, 0.05) is 25.5 Å². The first-order valence-corrected chi connectivity index (χ1v) is 10.0. The van der Waals surface area contributed by atoms with Gasteiger partial charge < -0.3 is 5.32 Å². The van der Waals surface area contributed by atoms with Crippen LogP contribution in [0.3, 0.4) is 0 Å². The summed E-state index contributed by atoms with van der Waals surface area (Å²) in [6, 6.07) is 14.0. The summed E-state index contributed by atoms with van der Waals surface area (Å²) in [4.78, 5) is 21.4. The van der Waals surface area contributed by atoms with Crippen molar-refractivity contribution in [1.29, 1.82) is 0 Å². The molecule has 2 N–H and O–H groups in total. The fourth-order valence-electron chi connectivity index (χ4n) is 3.39. The number of halogens is 1. The number of aryl methyl sites for hydroxylation is 3. The maximum absolute atomic E-state index is 13.9. The Hall–Kier alpha value is -3.12. The number of benzene rings is 2. The highest BCUT2D eigenvalue weighted by atomic mass is 19.1. The molecule has 2 aromatic carbocycles. The van der Waals surface area contributed by atoms with Gasteiger partial charge in [0.2, 0.25) is 5.91 Å². The second-order valence-corrected chi connectivity index (χ2v) is 7.37. The minimum absolute atomic E-state index is 0.125. The van der Waals surface area contributed by atoms with Crippen molar-refractivity contribution in [2.45, 2.75) is 38.8 Å². The van der Waals surface area contributed by atoms with Gasteiger partial charge in [-0.05, 0) is 49.4 Å². The molecule has 3 rings (SSSR count). The number of carbonyl (C=O) groups is 1. The van der Waals surface area contributed by atoms with E-state index < -0.39 is 6.04 Å². The van der Waals surface area contributed by atoms with E-state index in [4.69, 9.17) is 0 Å². The highest BCUT2D eigenvalue weighted by molar-refractivity contribution is 5.83. The molecule has 3 aromatic rings. The Labute approximate surface area is 176 Å². The lowest BCUT2D eigenvalue weighted by Gasteiger charge is -2.26. The van der Waals surface area contributed by atoms with Gasteiger partial charge in [0.15, 0.2) is 0 Å². The van der Waals surface area contributed by atoms with Crippen LogP contribution in [0.25, 0.3) is 0 Å². The summed E-state index contributed by atoms with van der Waals surface area (Å²) in [5, 5.41) is 6.22. The summed E-state index contributed by atoms with van der Waals surface area (Å²) in [6.45, 7) is 3.64. The molecule has 1 amide bonds. The molecule has 6 heteroatoms. The third-order valence-electron chi connectivity index (χ3n) is 5.12. The number of hydrogen-bond acceptors (Lipinski definition) is 4. The number of amides is 1. The Morgan fingerprint density at radius 2 is 1.80 bits per heavy atom. The topological polar surface area (TPSA) is 66.9 Å². The molecule has 0 aliphatic heterocycles. The Morgan fingerprint density at radius 3 is 2.43 bits per heavy atom. The van der Waals surface area contributed by atoms with Crippen LogP contribution in [0.2, 0.25) is 0 Å². The van der Waals surface area contributed by atoms with Crippen LogP contribution in [0, 0.1) is 19.7 Å². The molecule has 30 heavy (non-hydrogen) atoms. The second kappa shape index (κ2) is 10.1. The van der Waals surface area contributed by atoms with Gasteiger partial charge in [-0.15, -0.1) is 0 Å². The maximum atomic E-state index is 13.9. The number of aromatic nitrogens is 2. The fourth-order valence-corrected chi connectivity index (χ4v) is 3.39. The molecule has 0 unspecified atom stereocenters. The second-order valence-electron chi connectivity index (χ2n) is 7.37. The van der Waals surface area contributed by atoms with Gasteiger partial charge in [-0.2, -0.15) is 0 Å². The number of rotatable bonds is 8. The van der Waals surface area contributed by atoms with Crippen LogP contribution in [0.5, 0.6) is 0 Å². The lowest BCUT2D eigenvalue weighted by atomic mass is 9.96. The number of nitrogens with zero attached hydrogens (tertiary/aromatic N) is 2. The molecule has 0 radical (unpaired) electrons. The van der Waals surface area contributed by atoms with E-state index in [1.54, 1.807) is 32.4 Å². The minimum Gasteiger partial charge on any atom is -0.358 e. The lowest BCUT2D eigenvalue weighted by molar-refractivity contribution is -0.123. The predicted octanol–water partition coefficient (Wildman–Crippen LogP) is 3.98. The zero-order valence-electron chi connectivity index (χ0n) is 17.5. The predicted molar refractivity (Wildman–Crippen MR) is 115 cm³/mol. The van der Waals surface area contributed by atoms with Gasteiger partial charge in [-0.25, -0.2) is 4.39 Å². The van der Waals surface area contributed by atoms with Crippen molar-refractivity contribution >= 4 is 5.91 Å².